The molecular weight excluding hydrogens is 1000 g/mol. The molecule has 9 fully saturated rings. The molecule has 466 valence electrons. The van der Waals surface area contributed by atoms with Gasteiger partial charge in [0, 0.05) is 25.2 Å². The van der Waals surface area contributed by atoms with Crippen LogP contribution in [0.1, 0.15) is 276 Å². The molecule has 0 spiro atoms. The number of phenols is 1. The lowest BCUT2D eigenvalue weighted by atomic mass is 9.50. The number of phenolic OH excluding ortho intramolecular Hbond substituents is 1. The van der Waals surface area contributed by atoms with Gasteiger partial charge < -0.3 is 39.0 Å². The summed E-state index contributed by atoms with van der Waals surface area (Å²) in [6, 6.07) is 7.43. The van der Waals surface area contributed by atoms with Crippen LogP contribution in [0.5, 0.6) is 5.75 Å². The number of ether oxygens (including phenoxy) is 5. The highest BCUT2D eigenvalue weighted by Gasteiger charge is 2.65. The van der Waals surface area contributed by atoms with Crippen LogP contribution in [0.3, 0.4) is 0 Å². The van der Waals surface area contributed by atoms with Crippen molar-refractivity contribution < 1.29 is 63.0 Å². The zero-order valence-corrected chi connectivity index (χ0v) is 45.8. The Labute approximate surface area is 484 Å². The lowest BCUT2D eigenvalue weighted by Crippen LogP contribution is -2.67. The molecule has 1 aromatic carbocycles. The molecule has 13 heteroatoms. The summed E-state index contributed by atoms with van der Waals surface area (Å²) in [7, 11) is 0. The quantitative estimate of drug-likeness (QED) is 0.118. The first kappa shape index (κ1) is 81.8. The molecule has 0 aromatic heterocycles. The van der Waals surface area contributed by atoms with Gasteiger partial charge in [-0.3, -0.25) is 19.2 Å². The van der Waals surface area contributed by atoms with Crippen molar-refractivity contribution in [2.75, 3.05) is 6.61 Å². The molecule has 0 amide bonds. The van der Waals surface area contributed by atoms with E-state index in [0.717, 1.165) is 77.0 Å². The standard InChI is InChI=1S/C18H26O6.C16H26O4.C14H26O2.C10H14O.8CH4/c1-4-18(2,3)17(21)22-9-14(19)24-15-11-5-10-6-12(8-11)16(20)23-13(15)7-10;1-4-13(2,3)12(17)20-16-7-11-5-14(18,9-16)8-15(19,6-11)10-16;1-6-13(4,5)12(15)16-14(11(2)3)9-7-8-10-14;1-3-8(2)9-4-6-10(11)7-5-9;;;;;;;;/h10-13,15H,4-9H2,1-3H3;11,18-19H,4-10H2,1-3H3;11H,6-10H2,1-5H3;4-8,11H,3H2,1-2H3;8*1H4. The highest BCUT2D eigenvalue weighted by Crippen LogP contribution is 2.61. The summed E-state index contributed by atoms with van der Waals surface area (Å²) >= 11 is 0. The number of esters is 5. The molecule has 2 saturated heterocycles. The van der Waals surface area contributed by atoms with Crippen LogP contribution in [-0.2, 0) is 47.7 Å². The highest BCUT2D eigenvalue weighted by atomic mass is 16.6. The molecule has 79 heavy (non-hydrogen) atoms. The molecular formula is C66H124O13. The van der Waals surface area contributed by atoms with E-state index in [1.165, 1.54) is 18.4 Å². The largest absolute Gasteiger partial charge is 0.508 e. The topological polar surface area (TPSA) is 192 Å². The molecule has 7 saturated carbocycles. The van der Waals surface area contributed by atoms with Crippen LogP contribution < -0.4 is 0 Å². The average molecular weight is 1130 g/mol. The Morgan fingerprint density at radius 2 is 1.13 bits per heavy atom. The van der Waals surface area contributed by atoms with E-state index in [9.17, 15) is 34.2 Å². The molecule has 3 N–H and O–H groups in total. The van der Waals surface area contributed by atoms with Crippen molar-refractivity contribution in [2.24, 2.45) is 45.8 Å². The Bertz CT molecular complexity index is 1980. The minimum absolute atomic E-state index is 0. The van der Waals surface area contributed by atoms with Gasteiger partial charge in [-0.2, -0.15) is 0 Å². The fraction of sp³-hybridized carbons (Fsp3) is 0.833. The summed E-state index contributed by atoms with van der Waals surface area (Å²) in [6.07, 6.45) is 14.1. The molecule has 2 heterocycles. The van der Waals surface area contributed by atoms with E-state index in [-0.39, 0.29) is 119 Å². The second kappa shape index (κ2) is 32.2. The lowest BCUT2D eigenvalue weighted by Gasteiger charge is -2.62. The van der Waals surface area contributed by atoms with Gasteiger partial charge in [0.05, 0.1) is 33.4 Å². The van der Waals surface area contributed by atoms with Crippen molar-refractivity contribution in [1.29, 1.82) is 0 Å². The van der Waals surface area contributed by atoms with Crippen LogP contribution in [0.25, 0.3) is 0 Å². The Morgan fingerprint density at radius 1 is 0.646 bits per heavy atom. The average Bonchev–Trinajstić information content (AvgIpc) is 3.72. The number of hydrogen-bond donors (Lipinski definition) is 3. The summed E-state index contributed by atoms with van der Waals surface area (Å²) < 4.78 is 27.9. The molecule has 8 bridgehead atoms. The van der Waals surface area contributed by atoms with E-state index in [0.29, 0.717) is 49.2 Å². The van der Waals surface area contributed by atoms with E-state index in [1.807, 2.05) is 60.6 Å². The van der Waals surface area contributed by atoms with Crippen LogP contribution in [0.2, 0.25) is 0 Å². The van der Waals surface area contributed by atoms with E-state index in [1.54, 1.807) is 26.0 Å². The third-order valence-corrected chi connectivity index (χ3v) is 17.9. The monoisotopic (exact) mass is 1120 g/mol. The zero-order valence-electron chi connectivity index (χ0n) is 45.8. The second-order valence-electron chi connectivity index (χ2n) is 25.2. The third-order valence-electron chi connectivity index (χ3n) is 17.9. The van der Waals surface area contributed by atoms with Crippen molar-refractivity contribution in [3.63, 3.8) is 0 Å². The fourth-order valence-electron chi connectivity index (χ4n) is 12.2. The third kappa shape index (κ3) is 20.3. The van der Waals surface area contributed by atoms with Gasteiger partial charge in [-0.1, -0.05) is 120 Å². The Balaban J connectivity index is -0.000000473. The fourth-order valence-corrected chi connectivity index (χ4v) is 12.2. The van der Waals surface area contributed by atoms with Crippen LogP contribution >= 0.6 is 0 Å². The molecule has 13 nitrogen and oxygen atoms in total. The first-order valence-corrected chi connectivity index (χ1v) is 27.2. The number of rotatable bonds is 14. The number of aromatic hydroxyl groups is 1. The molecule has 0 radical (unpaired) electrons. The van der Waals surface area contributed by atoms with E-state index in [4.69, 9.17) is 28.8 Å². The van der Waals surface area contributed by atoms with Crippen molar-refractivity contribution in [3.8, 4) is 5.75 Å². The van der Waals surface area contributed by atoms with Gasteiger partial charge >= 0.3 is 29.8 Å². The molecule has 8 unspecified atom stereocenters. The smallest absolute Gasteiger partial charge is 0.344 e. The van der Waals surface area contributed by atoms with Gasteiger partial charge in [0.25, 0.3) is 0 Å². The maximum absolute atomic E-state index is 12.4. The van der Waals surface area contributed by atoms with Crippen molar-refractivity contribution >= 4 is 29.8 Å². The molecule has 2 aliphatic heterocycles. The second-order valence-corrected chi connectivity index (χ2v) is 25.2. The molecule has 8 atom stereocenters. The van der Waals surface area contributed by atoms with Crippen molar-refractivity contribution in [2.45, 2.75) is 306 Å². The van der Waals surface area contributed by atoms with E-state index in [2.05, 4.69) is 27.7 Å². The van der Waals surface area contributed by atoms with Crippen LogP contribution in [0.4, 0.5) is 0 Å². The first-order chi connectivity index (χ1) is 33.0. The predicted molar refractivity (Wildman–Crippen MR) is 325 cm³/mol. The normalized spacial score (nSPS) is 28.1. The van der Waals surface area contributed by atoms with Crippen LogP contribution in [-0.4, -0.2) is 86.4 Å². The summed E-state index contributed by atoms with van der Waals surface area (Å²) in [4.78, 5) is 60.6. The van der Waals surface area contributed by atoms with Crippen LogP contribution in [0, 0.1) is 45.8 Å². The highest BCUT2D eigenvalue weighted by molar-refractivity contribution is 5.80. The van der Waals surface area contributed by atoms with Gasteiger partial charge in [0.15, 0.2) is 6.61 Å². The molecule has 7 aliphatic carbocycles. The number of benzene rings is 1. The van der Waals surface area contributed by atoms with Crippen LogP contribution in [0.15, 0.2) is 24.3 Å². The summed E-state index contributed by atoms with van der Waals surface area (Å²) in [5.74, 6) is 0.902. The summed E-state index contributed by atoms with van der Waals surface area (Å²) in [6.45, 7) is 25.5. The summed E-state index contributed by atoms with van der Waals surface area (Å²) in [5, 5.41) is 30.3. The lowest BCUT2D eigenvalue weighted by molar-refractivity contribution is -0.264. The van der Waals surface area contributed by atoms with Gasteiger partial charge in [-0.25, -0.2) is 4.79 Å². The Hall–Kier alpha value is -3.71. The van der Waals surface area contributed by atoms with Gasteiger partial charge in [0.2, 0.25) is 0 Å². The van der Waals surface area contributed by atoms with E-state index < -0.39 is 45.7 Å². The Kier molecular flexibility index (Phi) is 33.3. The van der Waals surface area contributed by atoms with Crippen molar-refractivity contribution in [1.82, 2.24) is 0 Å². The SMILES string of the molecule is C.C.C.C.C.C.C.C.CCC(C)(C)C(=O)OC1(C(C)C)CCCC1.CCC(C)(C)C(=O)OC12CC3CC(O)(CC(O)(C3)C1)C2.CCC(C)(C)C(=O)OCC(=O)OC1C2CC3CC(C2)C(=O)OC1C3.CCC(C)c1ccc(O)cc1. The molecule has 9 aliphatic rings. The van der Waals surface area contributed by atoms with Gasteiger partial charge in [-0.15, -0.1) is 0 Å². The predicted octanol–water partition coefficient (Wildman–Crippen LogP) is 16.3. The molecule has 1 aromatic rings. The number of carbonyl (C=O) groups is 5. The number of hydrogen-bond acceptors (Lipinski definition) is 13. The van der Waals surface area contributed by atoms with Crippen molar-refractivity contribution in [3.05, 3.63) is 29.8 Å². The minimum atomic E-state index is -0.842. The maximum Gasteiger partial charge on any atom is 0.344 e. The number of fused-ring (bicyclic) bond motifs is 1. The number of carbonyl (C=O) groups excluding carboxylic acids is 5. The molecule has 10 rings (SSSR count). The minimum Gasteiger partial charge on any atom is -0.508 e. The zero-order chi connectivity index (χ0) is 53.0. The maximum atomic E-state index is 12.4. The summed E-state index contributed by atoms with van der Waals surface area (Å²) in [5.41, 5.74) is -2.68. The Morgan fingerprint density at radius 3 is 1.58 bits per heavy atom. The van der Waals surface area contributed by atoms with Gasteiger partial charge in [0.1, 0.15) is 29.2 Å². The first-order valence-electron chi connectivity index (χ1n) is 27.2. The van der Waals surface area contributed by atoms with Gasteiger partial charge in [-0.05, 0) is 179 Å². The number of aliphatic hydroxyl groups is 2. The van der Waals surface area contributed by atoms with E-state index >= 15 is 0 Å².